The fourth-order valence-corrected chi connectivity index (χ4v) is 2.28. The van der Waals surface area contributed by atoms with Crippen LogP contribution >= 0.6 is 0 Å². The van der Waals surface area contributed by atoms with Crippen molar-refractivity contribution in [3.63, 3.8) is 0 Å². The SMILES string of the molecule is Cc1cc(F)cnc1CNC(=O)[C@@H]1CCCN1C. The molecular weight excluding hydrogens is 233 g/mol. The van der Waals surface area contributed by atoms with Crippen molar-refractivity contribution >= 4 is 5.91 Å². The molecule has 0 radical (unpaired) electrons. The Morgan fingerprint density at radius 3 is 3.06 bits per heavy atom. The lowest BCUT2D eigenvalue weighted by Crippen LogP contribution is -2.41. The Hall–Kier alpha value is -1.49. The topological polar surface area (TPSA) is 45.2 Å². The van der Waals surface area contributed by atoms with Crippen molar-refractivity contribution in [1.82, 2.24) is 15.2 Å². The normalized spacial score (nSPS) is 20.1. The molecule has 1 aliphatic rings. The molecule has 4 nitrogen and oxygen atoms in total. The van der Waals surface area contributed by atoms with Crippen LogP contribution < -0.4 is 5.32 Å². The van der Waals surface area contributed by atoms with E-state index in [-0.39, 0.29) is 17.8 Å². The summed E-state index contributed by atoms with van der Waals surface area (Å²) in [4.78, 5) is 18.0. The number of halogens is 1. The highest BCUT2D eigenvalue weighted by atomic mass is 19.1. The monoisotopic (exact) mass is 251 g/mol. The lowest BCUT2D eigenvalue weighted by molar-refractivity contribution is -0.125. The van der Waals surface area contributed by atoms with Crippen LogP contribution in [0.5, 0.6) is 0 Å². The second kappa shape index (κ2) is 5.44. The van der Waals surface area contributed by atoms with Crippen molar-refractivity contribution in [1.29, 1.82) is 0 Å². The molecule has 1 aliphatic heterocycles. The minimum Gasteiger partial charge on any atom is -0.349 e. The van der Waals surface area contributed by atoms with Crippen LogP contribution in [0.1, 0.15) is 24.1 Å². The Morgan fingerprint density at radius 1 is 1.67 bits per heavy atom. The molecule has 0 saturated carbocycles. The maximum Gasteiger partial charge on any atom is 0.237 e. The van der Waals surface area contributed by atoms with Gasteiger partial charge in [-0.1, -0.05) is 0 Å². The van der Waals surface area contributed by atoms with Gasteiger partial charge in [0.1, 0.15) is 5.82 Å². The van der Waals surface area contributed by atoms with Gasteiger partial charge in [0.15, 0.2) is 0 Å². The number of likely N-dealkylation sites (tertiary alicyclic amines) is 1. The van der Waals surface area contributed by atoms with Crippen LogP contribution in [-0.2, 0) is 11.3 Å². The van der Waals surface area contributed by atoms with E-state index >= 15 is 0 Å². The number of nitrogens with zero attached hydrogens (tertiary/aromatic N) is 2. The van der Waals surface area contributed by atoms with Gasteiger partial charge in [-0.05, 0) is 45.0 Å². The van der Waals surface area contributed by atoms with Crippen molar-refractivity contribution in [3.05, 3.63) is 29.3 Å². The molecule has 5 heteroatoms. The summed E-state index contributed by atoms with van der Waals surface area (Å²) in [6.07, 6.45) is 3.14. The number of aromatic nitrogens is 1. The molecule has 1 N–H and O–H groups in total. The molecule has 0 aromatic carbocycles. The first-order valence-electron chi connectivity index (χ1n) is 6.17. The van der Waals surface area contributed by atoms with Gasteiger partial charge in [-0.3, -0.25) is 14.7 Å². The third kappa shape index (κ3) is 2.85. The van der Waals surface area contributed by atoms with Crippen LogP contribution in [0.4, 0.5) is 4.39 Å². The largest absolute Gasteiger partial charge is 0.349 e. The zero-order valence-corrected chi connectivity index (χ0v) is 10.7. The summed E-state index contributed by atoms with van der Waals surface area (Å²) in [5.74, 6) is -0.321. The molecule has 2 heterocycles. The number of carbonyl (C=O) groups excluding carboxylic acids is 1. The molecule has 0 bridgehead atoms. The molecule has 1 amide bonds. The number of rotatable bonds is 3. The Labute approximate surface area is 106 Å². The number of carbonyl (C=O) groups is 1. The molecular formula is C13H18FN3O. The second-order valence-corrected chi connectivity index (χ2v) is 4.77. The third-order valence-corrected chi connectivity index (χ3v) is 3.41. The van der Waals surface area contributed by atoms with E-state index in [1.165, 1.54) is 12.3 Å². The number of amides is 1. The summed E-state index contributed by atoms with van der Waals surface area (Å²) < 4.78 is 12.9. The van der Waals surface area contributed by atoms with Gasteiger partial charge in [-0.2, -0.15) is 0 Å². The van der Waals surface area contributed by atoms with E-state index in [0.29, 0.717) is 12.2 Å². The second-order valence-electron chi connectivity index (χ2n) is 4.77. The van der Waals surface area contributed by atoms with Gasteiger partial charge < -0.3 is 5.32 Å². The van der Waals surface area contributed by atoms with Crippen LogP contribution in [0.15, 0.2) is 12.3 Å². The number of nitrogens with one attached hydrogen (secondary N) is 1. The van der Waals surface area contributed by atoms with Gasteiger partial charge in [-0.15, -0.1) is 0 Å². The summed E-state index contributed by atoms with van der Waals surface area (Å²) in [5.41, 5.74) is 1.47. The Morgan fingerprint density at radius 2 is 2.44 bits per heavy atom. The molecule has 1 aromatic rings. The third-order valence-electron chi connectivity index (χ3n) is 3.41. The smallest absolute Gasteiger partial charge is 0.237 e. The fraction of sp³-hybridized carbons (Fsp3) is 0.538. The minimum atomic E-state index is -0.349. The van der Waals surface area contributed by atoms with Gasteiger partial charge >= 0.3 is 0 Å². The standard InChI is InChI=1S/C13H18FN3O/c1-9-6-10(14)7-15-11(9)8-16-13(18)12-4-3-5-17(12)2/h6-7,12H,3-5,8H2,1-2H3,(H,16,18)/t12-/m0/s1. The Kier molecular flexibility index (Phi) is 3.91. The maximum atomic E-state index is 12.9. The van der Waals surface area contributed by atoms with E-state index in [1.807, 2.05) is 7.05 Å². The molecule has 1 saturated heterocycles. The number of hydrogen-bond donors (Lipinski definition) is 1. The fourth-order valence-electron chi connectivity index (χ4n) is 2.28. The van der Waals surface area contributed by atoms with Gasteiger partial charge in [0.2, 0.25) is 5.91 Å². The van der Waals surface area contributed by atoms with E-state index < -0.39 is 0 Å². The first-order chi connectivity index (χ1) is 8.58. The van der Waals surface area contributed by atoms with Gasteiger partial charge in [0, 0.05) is 0 Å². The van der Waals surface area contributed by atoms with E-state index in [2.05, 4.69) is 15.2 Å². The molecule has 1 fully saturated rings. The minimum absolute atomic E-state index is 0.0283. The van der Waals surface area contributed by atoms with E-state index in [0.717, 1.165) is 24.9 Å². The highest BCUT2D eigenvalue weighted by Gasteiger charge is 2.27. The van der Waals surface area contributed by atoms with Gasteiger partial charge in [0.25, 0.3) is 0 Å². The van der Waals surface area contributed by atoms with Crippen molar-refractivity contribution in [2.45, 2.75) is 32.4 Å². The van der Waals surface area contributed by atoms with Crippen LogP contribution in [0.3, 0.4) is 0 Å². The number of likely N-dealkylation sites (N-methyl/N-ethyl adjacent to an activating group) is 1. The molecule has 0 spiro atoms. The van der Waals surface area contributed by atoms with E-state index in [4.69, 9.17) is 0 Å². The quantitative estimate of drug-likeness (QED) is 0.879. The zero-order valence-electron chi connectivity index (χ0n) is 10.7. The predicted octanol–water partition coefficient (Wildman–Crippen LogP) is 1.24. The molecule has 1 aromatic heterocycles. The number of hydrogen-bond acceptors (Lipinski definition) is 3. The summed E-state index contributed by atoms with van der Waals surface area (Å²) in [6, 6.07) is 1.39. The predicted molar refractivity (Wildman–Crippen MR) is 66.4 cm³/mol. The summed E-state index contributed by atoms with van der Waals surface area (Å²) in [7, 11) is 1.96. The Bertz CT molecular complexity index is 450. The van der Waals surface area contributed by atoms with E-state index in [9.17, 15) is 9.18 Å². The highest BCUT2D eigenvalue weighted by molar-refractivity contribution is 5.81. The first kappa shape index (κ1) is 13.0. The van der Waals surface area contributed by atoms with Gasteiger partial charge in [0.05, 0.1) is 24.5 Å². The molecule has 0 aliphatic carbocycles. The highest BCUT2D eigenvalue weighted by Crippen LogP contribution is 2.15. The van der Waals surface area contributed by atoms with Crippen LogP contribution in [0, 0.1) is 12.7 Å². The molecule has 1 atom stereocenters. The lowest BCUT2D eigenvalue weighted by Gasteiger charge is -2.18. The van der Waals surface area contributed by atoms with Crippen LogP contribution in [0.2, 0.25) is 0 Å². The summed E-state index contributed by atoms with van der Waals surface area (Å²) >= 11 is 0. The average molecular weight is 251 g/mol. The van der Waals surface area contributed by atoms with Gasteiger partial charge in [-0.25, -0.2) is 4.39 Å². The van der Waals surface area contributed by atoms with Crippen molar-refractivity contribution in [2.75, 3.05) is 13.6 Å². The van der Waals surface area contributed by atoms with Crippen molar-refractivity contribution < 1.29 is 9.18 Å². The average Bonchev–Trinajstić information content (AvgIpc) is 2.74. The lowest BCUT2D eigenvalue weighted by atomic mass is 10.2. The summed E-state index contributed by atoms with van der Waals surface area (Å²) in [5, 5.41) is 2.87. The van der Waals surface area contributed by atoms with Crippen LogP contribution in [0.25, 0.3) is 0 Å². The van der Waals surface area contributed by atoms with Crippen molar-refractivity contribution in [3.8, 4) is 0 Å². The molecule has 18 heavy (non-hydrogen) atoms. The van der Waals surface area contributed by atoms with Crippen LogP contribution in [-0.4, -0.2) is 35.4 Å². The number of aryl methyl sites for hydroxylation is 1. The maximum absolute atomic E-state index is 12.9. The summed E-state index contributed by atoms with van der Waals surface area (Å²) in [6.45, 7) is 3.11. The zero-order chi connectivity index (χ0) is 13.1. The van der Waals surface area contributed by atoms with E-state index in [1.54, 1.807) is 6.92 Å². The molecule has 2 rings (SSSR count). The first-order valence-corrected chi connectivity index (χ1v) is 6.17. The molecule has 98 valence electrons. The molecule has 0 unspecified atom stereocenters. The van der Waals surface area contributed by atoms with Crippen molar-refractivity contribution in [2.24, 2.45) is 0 Å². The Balaban J connectivity index is 1.93. The number of pyridine rings is 1.